The van der Waals surface area contributed by atoms with Crippen LogP contribution in [0.1, 0.15) is 25.9 Å². The van der Waals surface area contributed by atoms with E-state index in [4.69, 9.17) is 5.11 Å². The minimum atomic E-state index is -3.71. The second-order valence-corrected chi connectivity index (χ2v) is 8.08. The van der Waals surface area contributed by atoms with Crippen LogP contribution in [0.15, 0.2) is 15.7 Å². The van der Waals surface area contributed by atoms with Gasteiger partial charge in [0.2, 0.25) is 10.0 Å². The molecule has 0 saturated carbocycles. The second kappa shape index (κ2) is 5.60. The third-order valence-corrected chi connectivity index (χ3v) is 6.50. The van der Waals surface area contributed by atoms with Gasteiger partial charge in [-0.15, -0.1) is 22.7 Å². The number of aromatic nitrogens is 1. The van der Waals surface area contributed by atoms with Crippen LogP contribution < -0.4 is 4.72 Å². The summed E-state index contributed by atoms with van der Waals surface area (Å²) in [5, 5.41) is 11.4. The van der Waals surface area contributed by atoms with Crippen molar-refractivity contribution in [1.82, 2.24) is 9.71 Å². The molecule has 0 aromatic carbocycles. The number of thiophene rings is 1. The summed E-state index contributed by atoms with van der Waals surface area (Å²) in [5.41, 5.74) is 1.28. The van der Waals surface area contributed by atoms with Gasteiger partial charge in [0.25, 0.3) is 0 Å². The van der Waals surface area contributed by atoms with Crippen molar-refractivity contribution in [2.75, 3.05) is 0 Å². The van der Waals surface area contributed by atoms with Gasteiger partial charge >= 0.3 is 5.97 Å². The van der Waals surface area contributed by atoms with Gasteiger partial charge in [-0.05, 0) is 25.5 Å². The van der Waals surface area contributed by atoms with Gasteiger partial charge in [0.15, 0.2) is 0 Å². The van der Waals surface area contributed by atoms with E-state index in [1.807, 2.05) is 12.3 Å². The van der Waals surface area contributed by atoms with E-state index < -0.39 is 16.0 Å². The third kappa shape index (κ3) is 3.23. The minimum Gasteiger partial charge on any atom is -0.477 e. The molecule has 0 unspecified atom stereocenters. The molecule has 0 aliphatic heterocycles. The highest BCUT2D eigenvalue weighted by molar-refractivity contribution is 7.91. The van der Waals surface area contributed by atoms with E-state index in [1.165, 1.54) is 17.4 Å². The van der Waals surface area contributed by atoms with Crippen molar-refractivity contribution < 1.29 is 18.3 Å². The topological polar surface area (TPSA) is 96.4 Å². The molecule has 9 heteroatoms. The number of aromatic carboxylic acids is 1. The quantitative estimate of drug-likeness (QED) is 0.873. The van der Waals surface area contributed by atoms with Crippen molar-refractivity contribution in [2.24, 2.45) is 0 Å². The number of nitrogens with one attached hydrogen (secondary N) is 1. The van der Waals surface area contributed by atoms with Crippen LogP contribution in [-0.4, -0.2) is 24.5 Å². The lowest BCUT2D eigenvalue weighted by Crippen LogP contribution is -2.22. The number of sulfonamides is 1. The molecule has 20 heavy (non-hydrogen) atoms. The van der Waals surface area contributed by atoms with E-state index in [9.17, 15) is 13.2 Å². The zero-order valence-corrected chi connectivity index (χ0v) is 13.2. The van der Waals surface area contributed by atoms with Crippen molar-refractivity contribution in [3.8, 4) is 0 Å². The Hall–Kier alpha value is -1.29. The fourth-order valence-electron chi connectivity index (χ4n) is 1.51. The van der Waals surface area contributed by atoms with Crippen LogP contribution in [0.3, 0.4) is 0 Å². The average Bonchev–Trinajstić information content (AvgIpc) is 2.93. The molecule has 6 nitrogen and oxygen atoms in total. The molecule has 2 aromatic rings. The lowest BCUT2D eigenvalue weighted by molar-refractivity contribution is 0.0701. The fraction of sp³-hybridized carbons (Fsp3) is 0.273. The summed E-state index contributed by atoms with van der Waals surface area (Å²) < 4.78 is 26.6. The largest absolute Gasteiger partial charge is 0.477 e. The summed E-state index contributed by atoms with van der Waals surface area (Å²) in [7, 11) is -3.71. The number of carboxylic acid groups (broad SMARTS) is 1. The van der Waals surface area contributed by atoms with Gasteiger partial charge in [0.1, 0.15) is 14.1 Å². The lowest BCUT2D eigenvalue weighted by Gasteiger charge is -2.01. The van der Waals surface area contributed by atoms with Crippen LogP contribution in [0.25, 0.3) is 0 Å². The molecule has 0 atom stereocenters. The highest BCUT2D eigenvalue weighted by Crippen LogP contribution is 2.26. The summed E-state index contributed by atoms with van der Waals surface area (Å²) in [6.45, 7) is 3.50. The standard InChI is InChI=1S/C11H12N2O4S3/c1-6-3-9(19-10(6)11(14)15)20(16,17)12-4-8-13-7(2)5-18-8/h3,5,12H,4H2,1-2H3,(H,14,15). The highest BCUT2D eigenvalue weighted by Gasteiger charge is 2.21. The number of carboxylic acids is 1. The Morgan fingerprint density at radius 1 is 1.45 bits per heavy atom. The SMILES string of the molecule is Cc1csc(CNS(=O)(=O)c2cc(C)c(C(=O)O)s2)n1. The Morgan fingerprint density at radius 3 is 2.65 bits per heavy atom. The Labute approximate surface area is 124 Å². The molecule has 0 amide bonds. The molecule has 0 radical (unpaired) electrons. The van der Waals surface area contributed by atoms with Crippen molar-refractivity contribution in [3.63, 3.8) is 0 Å². The zero-order chi connectivity index (χ0) is 14.9. The van der Waals surface area contributed by atoms with Gasteiger partial charge < -0.3 is 5.11 Å². The molecule has 0 bridgehead atoms. The average molecular weight is 332 g/mol. The summed E-state index contributed by atoms with van der Waals surface area (Å²) in [4.78, 5) is 15.1. The molecule has 2 rings (SSSR count). The van der Waals surface area contributed by atoms with E-state index in [-0.39, 0.29) is 15.6 Å². The van der Waals surface area contributed by atoms with Crippen LogP contribution in [0, 0.1) is 13.8 Å². The first-order valence-corrected chi connectivity index (χ1v) is 8.72. The number of aryl methyl sites for hydroxylation is 2. The molecule has 2 aromatic heterocycles. The van der Waals surface area contributed by atoms with Gasteiger partial charge in [-0.25, -0.2) is 22.9 Å². The van der Waals surface area contributed by atoms with Gasteiger partial charge in [-0.3, -0.25) is 0 Å². The monoisotopic (exact) mass is 332 g/mol. The van der Waals surface area contributed by atoms with E-state index >= 15 is 0 Å². The Balaban J connectivity index is 2.18. The number of rotatable bonds is 5. The number of hydrogen-bond donors (Lipinski definition) is 2. The first-order valence-electron chi connectivity index (χ1n) is 5.54. The molecule has 0 aliphatic rings. The van der Waals surface area contributed by atoms with Crippen molar-refractivity contribution in [1.29, 1.82) is 0 Å². The van der Waals surface area contributed by atoms with Crippen LogP contribution in [0.2, 0.25) is 0 Å². The first-order chi connectivity index (χ1) is 9.29. The summed E-state index contributed by atoms with van der Waals surface area (Å²) >= 11 is 2.12. The highest BCUT2D eigenvalue weighted by atomic mass is 32.2. The van der Waals surface area contributed by atoms with Crippen molar-refractivity contribution in [2.45, 2.75) is 24.6 Å². The maximum Gasteiger partial charge on any atom is 0.346 e. The van der Waals surface area contributed by atoms with Gasteiger partial charge in [0.05, 0.1) is 6.54 Å². The van der Waals surface area contributed by atoms with Crippen LogP contribution >= 0.6 is 22.7 Å². The predicted octanol–water partition coefficient (Wildman–Crippen LogP) is 2.00. The van der Waals surface area contributed by atoms with Crippen molar-refractivity contribution >= 4 is 38.7 Å². The van der Waals surface area contributed by atoms with Crippen LogP contribution in [0.4, 0.5) is 0 Å². The van der Waals surface area contributed by atoms with E-state index in [2.05, 4.69) is 9.71 Å². The van der Waals surface area contributed by atoms with E-state index in [1.54, 1.807) is 6.92 Å². The smallest absolute Gasteiger partial charge is 0.346 e. The summed E-state index contributed by atoms with van der Waals surface area (Å²) in [6, 6.07) is 1.36. The Bertz CT molecular complexity index is 746. The number of thiazole rings is 1. The summed E-state index contributed by atoms with van der Waals surface area (Å²) in [5.74, 6) is -1.12. The molecule has 0 fully saturated rings. The molecular formula is C11H12N2O4S3. The minimum absolute atomic E-state index is 0.000628. The second-order valence-electron chi connectivity index (χ2n) is 4.09. The maximum atomic E-state index is 12.1. The molecular weight excluding hydrogens is 320 g/mol. The molecule has 108 valence electrons. The fourth-order valence-corrected chi connectivity index (χ4v) is 4.72. The van der Waals surface area contributed by atoms with Crippen LogP contribution in [-0.2, 0) is 16.6 Å². The lowest BCUT2D eigenvalue weighted by atomic mass is 10.3. The molecule has 0 spiro atoms. The van der Waals surface area contributed by atoms with Gasteiger partial charge in [-0.1, -0.05) is 0 Å². The number of nitrogens with zero attached hydrogens (tertiary/aromatic N) is 1. The van der Waals surface area contributed by atoms with Gasteiger partial charge in [-0.2, -0.15) is 0 Å². The molecule has 2 heterocycles. The first kappa shape index (κ1) is 15.1. The predicted molar refractivity (Wildman–Crippen MR) is 76.9 cm³/mol. The Morgan fingerprint density at radius 2 is 2.15 bits per heavy atom. The number of carbonyl (C=O) groups is 1. The molecule has 2 N–H and O–H groups in total. The van der Waals surface area contributed by atoms with E-state index in [0.29, 0.717) is 10.6 Å². The van der Waals surface area contributed by atoms with Crippen molar-refractivity contribution in [3.05, 3.63) is 32.6 Å². The third-order valence-electron chi connectivity index (χ3n) is 2.43. The van der Waals surface area contributed by atoms with E-state index in [0.717, 1.165) is 17.0 Å². The Kier molecular flexibility index (Phi) is 4.23. The maximum absolute atomic E-state index is 12.1. The normalized spacial score (nSPS) is 11.7. The zero-order valence-electron chi connectivity index (χ0n) is 10.7. The van der Waals surface area contributed by atoms with Gasteiger partial charge in [0, 0.05) is 11.1 Å². The molecule has 0 aliphatic carbocycles. The number of hydrogen-bond acceptors (Lipinski definition) is 6. The molecule has 0 saturated heterocycles. The van der Waals surface area contributed by atoms with Crippen LogP contribution in [0.5, 0.6) is 0 Å². The summed E-state index contributed by atoms with van der Waals surface area (Å²) in [6.07, 6.45) is 0.